The third-order valence-electron chi connectivity index (χ3n) is 3.03. The Bertz CT molecular complexity index is 610. The molecule has 3 rings (SSSR count). The van der Waals surface area contributed by atoms with Crippen molar-refractivity contribution in [2.24, 2.45) is 5.92 Å². The highest BCUT2D eigenvalue weighted by Gasteiger charge is 2.51. The van der Waals surface area contributed by atoms with Gasteiger partial charge >= 0.3 is 0 Å². The molecule has 1 saturated carbocycles. The normalized spacial score (nSPS) is 21.4. The van der Waals surface area contributed by atoms with Crippen LogP contribution < -0.4 is 0 Å². The summed E-state index contributed by atoms with van der Waals surface area (Å²) in [6.07, 6.45) is 0.857. The summed E-state index contributed by atoms with van der Waals surface area (Å²) in [6, 6.07) is 2.02. The lowest BCUT2D eigenvalue weighted by Crippen LogP contribution is -1.99. The summed E-state index contributed by atoms with van der Waals surface area (Å²) >= 11 is 13.7. The second-order valence-corrected chi connectivity index (χ2v) is 7.16. The van der Waals surface area contributed by atoms with Crippen LogP contribution >= 0.6 is 35.0 Å². The second kappa shape index (κ2) is 4.25. The Morgan fingerprint density at radius 3 is 2.83 bits per heavy atom. The smallest absolute Gasteiger partial charge is 0.256 e. The molecule has 18 heavy (non-hydrogen) atoms. The maximum atomic E-state index is 6.01. The van der Waals surface area contributed by atoms with E-state index in [-0.39, 0.29) is 0 Å². The third kappa shape index (κ3) is 2.19. The summed E-state index contributed by atoms with van der Waals surface area (Å²) in [7, 11) is 0. The van der Waals surface area contributed by atoms with E-state index in [0.29, 0.717) is 11.7 Å². The number of hydrogen-bond acceptors (Lipinski definition) is 4. The van der Waals surface area contributed by atoms with E-state index in [2.05, 4.69) is 15.2 Å². The van der Waals surface area contributed by atoms with Gasteiger partial charge in [0.05, 0.1) is 0 Å². The number of aryl methyl sites for hydroxylation is 2. The maximum absolute atomic E-state index is 6.01. The number of fused-ring (bicyclic) bond motifs is 1. The molecule has 0 amide bonds. The lowest BCUT2D eigenvalue weighted by molar-refractivity contribution is 0.878. The van der Waals surface area contributed by atoms with Gasteiger partial charge in [-0.3, -0.25) is 4.40 Å². The number of nitrogens with zero attached hydrogens (tertiary/aromatic N) is 4. The van der Waals surface area contributed by atoms with Crippen LogP contribution in [-0.4, -0.2) is 29.7 Å². The standard InChI is InChI=1S/C11H12Cl2N4S/c1-6-3-7(2)17-9(14-6)15-16-10(17)18-5-8-4-11(8,12)13/h3,8H,4-5H2,1-2H3/t8-/m0/s1. The van der Waals surface area contributed by atoms with Gasteiger partial charge in [-0.05, 0) is 26.3 Å². The van der Waals surface area contributed by atoms with Crippen molar-refractivity contribution in [2.45, 2.75) is 29.8 Å². The monoisotopic (exact) mass is 302 g/mol. The number of alkyl halides is 2. The summed E-state index contributed by atoms with van der Waals surface area (Å²) < 4.78 is 1.43. The Balaban J connectivity index is 1.84. The van der Waals surface area contributed by atoms with Crippen molar-refractivity contribution in [1.82, 2.24) is 19.6 Å². The van der Waals surface area contributed by atoms with Crippen molar-refractivity contribution in [1.29, 1.82) is 0 Å². The minimum absolute atomic E-state index is 0.344. The van der Waals surface area contributed by atoms with Gasteiger partial charge in [-0.2, -0.15) is 0 Å². The summed E-state index contributed by atoms with van der Waals surface area (Å²) in [5.74, 6) is 1.85. The summed E-state index contributed by atoms with van der Waals surface area (Å²) in [4.78, 5) is 4.35. The molecule has 7 heteroatoms. The van der Waals surface area contributed by atoms with Crippen LogP contribution in [0.15, 0.2) is 11.2 Å². The van der Waals surface area contributed by atoms with Gasteiger partial charge in [0.15, 0.2) is 5.16 Å². The van der Waals surface area contributed by atoms with Gasteiger partial charge in [-0.1, -0.05) is 11.8 Å². The molecule has 1 fully saturated rings. The first-order chi connectivity index (χ1) is 8.47. The van der Waals surface area contributed by atoms with E-state index in [4.69, 9.17) is 23.2 Å². The Kier molecular flexibility index (Phi) is 2.95. The first-order valence-electron chi connectivity index (χ1n) is 5.67. The van der Waals surface area contributed by atoms with Crippen LogP contribution in [0.1, 0.15) is 17.8 Å². The molecule has 2 aromatic rings. The molecule has 1 atom stereocenters. The SMILES string of the molecule is Cc1cc(C)n2c(SC[C@@H]3CC3(Cl)Cl)nnc2n1. The predicted molar refractivity (Wildman–Crippen MR) is 73.5 cm³/mol. The van der Waals surface area contributed by atoms with Crippen LogP contribution in [0.5, 0.6) is 0 Å². The molecule has 0 N–H and O–H groups in total. The Morgan fingerprint density at radius 2 is 2.17 bits per heavy atom. The Morgan fingerprint density at radius 1 is 1.44 bits per heavy atom. The van der Waals surface area contributed by atoms with E-state index in [1.807, 2.05) is 24.3 Å². The van der Waals surface area contributed by atoms with Gasteiger partial charge in [-0.15, -0.1) is 33.4 Å². The molecule has 4 nitrogen and oxygen atoms in total. The zero-order valence-corrected chi connectivity index (χ0v) is 12.4. The molecule has 0 bridgehead atoms. The number of thioether (sulfide) groups is 1. The van der Waals surface area contributed by atoms with Crippen molar-refractivity contribution in [3.05, 3.63) is 17.5 Å². The largest absolute Gasteiger partial charge is 0.259 e. The second-order valence-electron chi connectivity index (χ2n) is 4.63. The van der Waals surface area contributed by atoms with Gasteiger partial charge < -0.3 is 0 Å². The summed E-state index contributed by atoms with van der Waals surface area (Å²) in [5.41, 5.74) is 2.04. The van der Waals surface area contributed by atoms with Crippen LogP contribution in [0.3, 0.4) is 0 Å². The fraction of sp³-hybridized carbons (Fsp3) is 0.545. The average molecular weight is 303 g/mol. The molecule has 0 unspecified atom stereocenters. The Labute approximate surface area is 119 Å². The van der Waals surface area contributed by atoms with Gasteiger partial charge in [0, 0.05) is 23.1 Å². The van der Waals surface area contributed by atoms with Gasteiger partial charge in [0.1, 0.15) is 4.33 Å². The van der Waals surface area contributed by atoms with Crippen molar-refractivity contribution in [3.63, 3.8) is 0 Å². The van der Waals surface area contributed by atoms with Gasteiger partial charge in [0.2, 0.25) is 0 Å². The number of rotatable bonds is 3. The highest BCUT2D eigenvalue weighted by molar-refractivity contribution is 7.99. The first kappa shape index (κ1) is 12.5. The number of halogens is 2. The van der Waals surface area contributed by atoms with E-state index in [9.17, 15) is 0 Å². The summed E-state index contributed by atoms with van der Waals surface area (Å²) in [5, 5.41) is 9.11. The van der Waals surface area contributed by atoms with Crippen LogP contribution in [-0.2, 0) is 0 Å². The fourth-order valence-corrected chi connectivity index (χ4v) is 3.84. The van der Waals surface area contributed by atoms with Crippen molar-refractivity contribution < 1.29 is 0 Å². The van der Waals surface area contributed by atoms with Crippen LogP contribution in [0.25, 0.3) is 5.78 Å². The average Bonchev–Trinajstić information content (AvgIpc) is 2.70. The minimum Gasteiger partial charge on any atom is -0.259 e. The fourth-order valence-electron chi connectivity index (χ4n) is 1.92. The topological polar surface area (TPSA) is 43.1 Å². The van der Waals surface area contributed by atoms with Crippen molar-refractivity contribution in [3.8, 4) is 0 Å². The zero-order valence-electron chi connectivity index (χ0n) is 10.0. The molecule has 1 aliphatic rings. The van der Waals surface area contributed by atoms with Crippen LogP contribution in [0.2, 0.25) is 0 Å². The minimum atomic E-state index is -0.530. The van der Waals surface area contributed by atoms with Gasteiger partial charge in [-0.25, -0.2) is 4.98 Å². The maximum Gasteiger partial charge on any atom is 0.256 e. The molecule has 0 saturated heterocycles. The molecule has 1 aliphatic carbocycles. The van der Waals surface area contributed by atoms with E-state index in [0.717, 1.165) is 28.7 Å². The quantitative estimate of drug-likeness (QED) is 0.646. The molecule has 96 valence electrons. The summed E-state index contributed by atoms with van der Waals surface area (Å²) in [6.45, 7) is 3.98. The molecule has 0 radical (unpaired) electrons. The highest BCUT2D eigenvalue weighted by atomic mass is 35.5. The van der Waals surface area contributed by atoms with E-state index in [1.165, 1.54) is 0 Å². The molecule has 0 aliphatic heterocycles. The number of hydrogen-bond donors (Lipinski definition) is 0. The number of aromatic nitrogens is 4. The predicted octanol–water partition coefficient (Wildman–Crippen LogP) is 3.03. The molecule has 2 heterocycles. The molecular formula is C11H12Cl2N4S. The van der Waals surface area contributed by atoms with E-state index in [1.54, 1.807) is 11.8 Å². The van der Waals surface area contributed by atoms with Crippen molar-refractivity contribution >= 4 is 40.7 Å². The molecule has 0 spiro atoms. The lowest BCUT2D eigenvalue weighted by atomic mass is 10.3. The van der Waals surface area contributed by atoms with Gasteiger partial charge in [0.25, 0.3) is 5.78 Å². The van der Waals surface area contributed by atoms with Crippen molar-refractivity contribution in [2.75, 3.05) is 5.75 Å². The Hall–Kier alpha value is -0.520. The zero-order chi connectivity index (χ0) is 12.9. The van der Waals surface area contributed by atoms with E-state index < -0.39 is 4.33 Å². The third-order valence-corrected chi connectivity index (χ3v) is 5.05. The lowest BCUT2D eigenvalue weighted by Gasteiger charge is -2.04. The molecule has 0 aromatic carbocycles. The first-order valence-corrected chi connectivity index (χ1v) is 7.41. The molecular weight excluding hydrogens is 291 g/mol. The van der Waals surface area contributed by atoms with E-state index >= 15 is 0 Å². The highest BCUT2D eigenvalue weighted by Crippen LogP contribution is 2.54. The van der Waals surface area contributed by atoms with Crippen LogP contribution in [0.4, 0.5) is 0 Å². The van der Waals surface area contributed by atoms with Crippen LogP contribution in [0, 0.1) is 19.8 Å². The molecule has 2 aromatic heterocycles.